The molecule has 0 saturated heterocycles. The monoisotopic (exact) mass is 185 g/mol. The zero-order chi connectivity index (χ0) is 10.1. The van der Waals surface area contributed by atoms with Crippen molar-refractivity contribution in [3.8, 4) is 0 Å². The zero-order valence-corrected chi connectivity index (χ0v) is 8.47. The van der Waals surface area contributed by atoms with Gasteiger partial charge in [-0.2, -0.15) is 0 Å². The van der Waals surface area contributed by atoms with Crippen molar-refractivity contribution in [2.45, 2.75) is 39.5 Å². The highest BCUT2D eigenvalue weighted by atomic mass is 16.3. The fourth-order valence-corrected chi connectivity index (χ4v) is 1.00. The number of rotatable bonds is 6. The largest absolute Gasteiger partial charge is 0.512 e. The molecule has 0 aliphatic carbocycles. The molecule has 0 aromatic heterocycles. The van der Waals surface area contributed by atoms with Gasteiger partial charge in [-0.3, -0.25) is 4.79 Å². The second-order valence-electron chi connectivity index (χ2n) is 3.14. The van der Waals surface area contributed by atoms with Crippen molar-refractivity contribution in [2.75, 3.05) is 6.54 Å². The summed E-state index contributed by atoms with van der Waals surface area (Å²) in [6.45, 7) is 4.33. The summed E-state index contributed by atoms with van der Waals surface area (Å²) in [5, 5.41) is 11.5. The standard InChI is InChI=1S/C10H19NO2/c1-3-4-5-6-7-11-10(13)8-9(2)12/h8,12H,3-7H2,1-2H3,(H,11,13). The number of amides is 1. The summed E-state index contributed by atoms with van der Waals surface area (Å²) in [5.41, 5.74) is 0. The van der Waals surface area contributed by atoms with Crippen LogP contribution in [0.25, 0.3) is 0 Å². The Morgan fingerprint density at radius 2 is 2.08 bits per heavy atom. The Balaban J connectivity index is 3.33. The molecule has 0 aliphatic heterocycles. The topological polar surface area (TPSA) is 49.3 Å². The van der Waals surface area contributed by atoms with Crippen LogP contribution >= 0.6 is 0 Å². The third-order valence-corrected chi connectivity index (χ3v) is 1.67. The van der Waals surface area contributed by atoms with Crippen LogP contribution in [0.4, 0.5) is 0 Å². The lowest BCUT2D eigenvalue weighted by molar-refractivity contribution is -0.116. The molecule has 0 aromatic carbocycles. The number of hydrogen-bond acceptors (Lipinski definition) is 2. The Morgan fingerprint density at radius 1 is 1.38 bits per heavy atom. The Kier molecular flexibility index (Phi) is 7.07. The molecular formula is C10H19NO2. The van der Waals surface area contributed by atoms with E-state index in [9.17, 15) is 4.79 Å². The normalized spacial score (nSPS) is 11.4. The molecule has 0 radical (unpaired) electrons. The molecule has 3 heteroatoms. The number of aliphatic hydroxyl groups excluding tert-OH is 1. The molecule has 0 spiro atoms. The Bertz CT molecular complexity index is 172. The van der Waals surface area contributed by atoms with E-state index in [1.54, 1.807) is 0 Å². The lowest BCUT2D eigenvalue weighted by atomic mass is 10.2. The molecule has 0 heterocycles. The molecule has 0 fully saturated rings. The predicted octanol–water partition coefficient (Wildman–Crippen LogP) is 2.14. The molecular weight excluding hydrogens is 166 g/mol. The molecule has 0 rings (SSSR count). The van der Waals surface area contributed by atoms with E-state index in [0.29, 0.717) is 6.54 Å². The number of nitrogens with one attached hydrogen (secondary N) is 1. The minimum atomic E-state index is -0.212. The summed E-state index contributed by atoms with van der Waals surface area (Å²) < 4.78 is 0. The van der Waals surface area contributed by atoms with Crippen molar-refractivity contribution >= 4 is 5.91 Å². The van der Waals surface area contributed by atoms with Crippen LogP contribution < -0.4 is 5.32 Å². The molecule has 0 aliphatic rings. The third-order valence-electron chi connectivity index (χ3n) is 1.67. The molecule has 1 amide bonds. The van der Waals surface area contributed by atoms with E-state index in [0.717, 1.165) is 12.8 Å². The van der Waals surface area contributed by atoms with Gasteiger partial charge in [-0.15, -0.1) is 0 Å². The summed E-state index contributed by atoms with van der Waals surface area (Å²) in [5.74, 6) is -0.164. The van der Waals surface area contributed by atoms with E-state index < -0.39 is 0 Å². The van der Waals surface area contributed by atoms with Crippen molar-refractivity contribution in [1.82, 2.24) is 5.32 Å². The summed E-state index contributed by atoms with van der Waals surface area (Å²) in [6.07, 6.45) is 5.77. The van der Waals surface area contributed by atoms with E-state index in [1.807, 2.05) is 0 Å². The summed E-state index contributed by atoms with van der Waals surface area (Å²) in [7, 11) is 0. The van der Waals surface area contributed by atoms with Crippen LogP contribution in [0.2, 0.25) is 0 Å². The third kappa shape index (κ3) is 8.92. The molecule has 0 saturated carbocycles. The van der Waals surface area contributed by atoms with E-state index in [4.69, 9.17) is 5.11 Å². The van der Waals surface area contributed by atoms with Crippen LogP contribution in [0.3, 0.4) is 0 Å². The summed E-state index contributed by atoms with van der Waals surface area (Å²) in [4.78, 5) is 10.9. The van der Waals surface area contributed by atoms with Gasteiger partial charge in [-0.1, -0.05) is 26.2 Å². The first kappa shape index (κ1) is 12.0. The van der Waals surface area contributed by atoms with Gasteiger partial charge in [0, 0.05) is 12.6 Å². The first-order valence-electron chi connectivity index (χ1n) is 4.82. The number of hydrogen-bond donors (Lipinski definition) is 2. The van der Waals surface area contributed by atoms with Crippen LogP contribution in [-0.2, 0) is 4.79 Å². The molecule has 0 bridgehead atoms. The lowest BCUT2D eigenvalue weighted by Gasteiger charge is -2.01. The van der Waals surface area contributed by atoms with Gasteiger partial charge in [-0.25, -0.2) is 0 Å². The van der Waals surface area contributed by atoms with Crippen LogP contribution in [0.5, 0.6) is 0 Å². The average molecular weight is 185 g/mol. The van der Waals surface area contributed by atoms with Crippen molar-refractivity contribution in [3.05, 3.63) is 11.8 Å². The van der Waals surface area contributed by atoms with Crippen LogP contribution in [0, 0.1) is 0 Å². The number of aliphatic hydroxyl groups is 1. The number of carbonyl (C=O) groups excluding carboxylic acids is 1. The van der Waals surface area contributed by atoms with Crippen LogP contribution in [-0.4, -0.2) is 17.6 Å². The van der Waals surface area contributed by atoms with Gasteiger partial charge >= 0.3 is 0 Å². The SMILES string of the molecule is CCCCCCNC(=O)C=C(C)O. The second kappa shape index (κ2) is 7.65. The van der Waals surface area contributed by atoms with Crippen LogP contribution in [0.1, 0.15) is 39.5 Å². The molecule has 2 N–H and O–H groups in total. The number of unbranched alkanes of at least 4 members (excludes halogenated alkanes) is 3. The minimum absolute atomic E-state index is 0.0473. The maximum absolute atomic E-state index is 10.9. The van der Waals surface area contributed by atoms with Crippen molar-refractivity contribution in [3.63, 3.8) is 0 Å². The van der Waals surface area contributed by atoms with E-state index in [-0.39, 0.29) is 11.7 Å². The van der Waals surface area contributed by atoms with Crippen LogP contribution in [0.15, 0.2) is 11.8 Å². The maximum Gasteiger partial charge on any atom is 0.247 e. The van der Waals surface area contributed by atoms with E-state index in [1.165, 1.54) is 25.8 Å². The minimum Gasteiger partial charge on any atom is -0.512 e. The van der Waals surface area contributed by atoms with E-state index in [2.05, 4.69) is 12.2 Å². The maximum atomic E-state index is 10.9. The van der Waals surface area contributed by atoms with Gasteiger partial charge in [0.05, 0.1) is 5.76 Å². The molecule has 0 atom stereocenters. The Hall–Kier alpha value is -0.990. The second-order valence-corrected chi connectivity index (χ2v) is 3.14. The number of allylic oxidation sites excluding steroid dienone is 1. The van der Waals surface area contributed by atoms with Gasteiger partial charge in [0.2, 0.25) is 5.91 Å². The van der Waals surface area contributed by atoms with Gasteiger partial charge in [0.15, 0.2) is 0 Å². The fraction of sp³-hybridized carbons (Fsp3) is 0.700. The predicted molar refractivity (Wildman–Crippen MR) is 53.5 cm³/mol. The quantitative estimate of drug-likeness (QED) is 0.378. The molecule has 3 nitrogen and oxygen atoms in total. The van der Waals surface area contributed by atoms with E-state index >= 15 is 0 Å². The average Bonchev–Trinajstić information content (AvgIpc) is 2.02. The van der Waals surface area contributed by atoms with Crippen molar-refractivity contribution in [2.24, 2.45) is 0 Å². The highest BCUT2D eigenvalue weighted by Gasteiger charge is 1.95. The molecule has 0 unspecified atom stereocenters. The first-order chi connectivity index (χ1) is 6.16. The smallest absolute Gasteiger partial charge is 0.247 e. The Labute approximate surface area is 79.8 Å². The highest BCUT2D eigenvalue weighted by molar-refractivity contribution is 5.87. The fourth-order valence-electron chi connectivity index (χ4n) is 1.00. The molecule has 76 valence electrons. The van der Waals surface area contributed by atoms with Gasteiger partial charge in [0.25, 0.3) is 0 Å². The summed E-state index contributed by atoms with van der Waals surface area (Å²) >= 11 is 0. The summed E-state index contributed by atoms with van der Waals surface area (Å²) in [6, 6.07) is 0. The van der Waals surface area contributed by atoms with Gasteiger partial charge in [0.1, 0.15) is 0 Å². The van der Waals surface area contributed by atoms with Gasteiger partial charge in [-0.05, 0) is 13.3 Å². The lowest BCUT2D eigenvalue weighted by Crippen LogP contribution is -2.22. The highest BCUT2D eigenvalue weighted by Crippen LogP contribution is 1.96. The number of carbonyl (C=O) groups is 1. The zero-order valence-electron chi connectivity index (χ0n) is 8.47. The van der Waals surface area contributed by atoms with Crippen molar-refractivity contribution < 1.29 is 9.90 Å². The molecule has 0 aromatic rings. The first-order valence-corrected chi connectivity index (χ1v) is 4.82. The van der Waals surface area contributed by atoms with Gasteiger partial charge < -0.3 is 10.4 Å². The van der Waals surface area contributed by atoms with Crippen molar-refractivity contribution in [1.29, 1.82) is 0 Å². The molecule has 13 heavy (non-hydrogen) atoms. The Morgan fingerprint density at radius 3 is 2.62 bits per heavy atom.